The molecule has 88 valence electrons. The van der Waals surface area contributed by atoms with E-state index in [2.05, 4.69) is 17.9 Å². The van der Waals surface area contributed by atoms with Crippen LogP contribution in [0.3, 0.4) is 0 Å². The number of rotatable bonds is 1. The van der Waals surface area contributed by atoms with Crippen LogP contribution in [0.5, 0.6) is 0 Å². The van der Waals surface area contributed by atoms with Crippen molar-refractivity contribution < 1.29 is 5.11 Å². The number of nitrogen functional groups attached to an aromatic ring is 1. The number of aliphatic hydroxyl groups is 1. The van der Waals surface area contributed by atoms with Crippen molar-refractivity contribution >= 4 is 11.4 Å². The van der Waals surface area contributed by atoms with Gasteiger partial charge in [0.15, 0.2) is 0 Å². The third kappa shape index (κ3) is 2.14. The fraction of sp³-hybridized carbons (Fsp3) is 0.538. The summed E-state index contributed by atoms with van der Waals surface area (Å²) in [5, 5.41) is 9.91. The van der Waals surface area contributed by atoms with Crippen LogP contribution in [0.1, 0.15) is 25.3 Å². The second-order valence-corrected chi connectivity index (χ2v) is 4.98. The third-order valence-corrected chi connectivity index (χ3v) is 3.53. The Morgan fingerprint density at radius 1 is 1.31 bits per heavy atom. The molecule has 1 aromatic rings. The largest absolute Gasteiger partial charge is 0.398 e. The van der Waals surface area contributed by atoms with E-state index in [1.54, 1.807) is 0 Å². The molecule has 0 radical (unpaired) electrons. The molecule has 0 aromatic heterocycles. The van der Waals surface area contributed by atoms with Crippen molar-refractivity contribution in [2.24, 2.45) is 0 Å². The average molecular weight is 220 g/mol. The quantitative estimate of drug-likeness (QED) is 0.711. The molecule has 0 aliphatic carbocycles. The van der Waals surface area contributed by atoms with Crippen molar-refractivity contribution in [3.8, 4) is 0 Å². The molecule has 3 N–H and O–H groups in total. The molecule has 2 rings (SSSR count). The third-order valence-electron chi connectivity index (χ3n) is 3.53. The van der Waals surface area contributed by atoms with Crippen molar-refractivity contribution in [1.82, 2.24) is 0 Å². The summed E-state index contributed by atoms with van der Waals surface area (Å²) in [4.78, 5) is 2.31. The van der Waals surface area contributed by atoms with Gasteiger partial charge in [0.2, 0.25) is 0 Å². The van der Waals surface area contributed by atoms with Gasteiger partial charge in [-0.3, -0.25) is 0 Å². The lowest BCUT2D eigenvalue weighted by atomic mass is 9.93. The first-order chi connectivity index (χ1) is 7.49. The van der Waals surface area contributed by atoms with E-state index in [1.807, 2.05) is 19.1 Å². The van der Waals surface area contributed by atoms with Crippen LogP contribution >= 0.6 is 0 Å². The van der Waals surface area contributed by atoms with Gasteiger partial charge in [0.1, 0.15) is 0 Å². The van der Waals surface area contributed by atoms with Crippen molar-refractivity contribution in [1.29, 1.82) is 0 Å². The second kappa shape index (κ2) is 3.98. The second-order valence-electron chi connectivity index (χ2n) is 4.98. The fourth-order valence-corrected chi connectivity index (χ4v) is 2.21. The first-order valence-corrected chi connectivity index (χ1v) is 5.82. The molecule has 0 bridgehead atoms. The predicted molar refractivity (Wildman–Crippen MR) is 67.7 cm³/mol. The van der Waals surface area contributed by atoms with Gasteiger partial charge in [-0.05, 0) is 44.4 Å². The maximum atomic E-state index is 9.91. The van der Waals surface area contributed by atoms with E-state index in [0.29, 0.717) is 0 Å². The molecule has 0 spiro atoms. The number of nitrogens with two attached hydrogens (primary N) is 1. The Morgan fingerprint density at radius 2 is 1.94 bits per heavy atom. The lowest BCUT2D eigenvalue weighted by molar-refractivity contribution is 0.0351. The summed E-state index contributed by atoms with van der Waals surface area (Å²) in [5.41, 5.74) is 8.60. The van der Waals surface area contributed by atoms with Crippen LogP contribution in [0.2, 0.25) is 0 Å². The van der Waals surface area contributed by atoms with Gasteiger partial charge >= 0.3 is 0 Å². The number of anilines is 2. The van der Waals surface area contributed by atoms with Crippen molar-refractivity contribution in [3.05, 3.63) is 23.8 Å². The maximum absolute atomic E-state index is 9.91. The Bertz CT molecular complexity index is 378. The summed E-state index contributed by atoms with van der Waals surface area (Å²) in [5.74, 6) is 0. The summed E-state index contributed by atoms with van der Waals surface area (Å²) in [6.07, 6.45) is 1.64. The number of benzene rings is 1. The van der Waals surface area contributed by atoms with Crippen LogP contribution in [0, 0.1) is 6.92 Å². The topological polar surface area (TPSA) is 49.5 Å². The Hall–Kier alpha value is -1.22. The predicted octanol–water partition coefficient (Wildman–Crippen LogP) is 1.93. The van der Waals surface area contributed by atoms with E-state index < -0.39 is 5.60 Å². The zero-order valence-corrected chi connectivity index (χ0v) is 10.0. The van der Waals surface area contributed by atoms with E-state index in [-0.39, 0.29) is 0 Å². The first kappa shape index (κ1) is 11.3. The van der Waals surface area contributed by atoms with E-state index >= 15 is 0 Å². The number of hydrogen-bond acceptors (Lipinski definition) is 3. The lowest BCUT2D eigenvalue weighted by Crippen LogP contribution is -2.42. The normalized spacial score (nSPS) is 19.8. The minimum atomic E-state index is -0.495. The van der Waals surface area contributed by atoms with Crippen LogP contribution in [-0.4, -0.2) is 23.8 Å². The average Bonchev–Trinajstić information content (AvgIpc) is 2.23. The molecule has 1 aromatic carbocycles. The molecular formula is C13H20N2O. The summed E-state index contributed by atoms with van der Waals surface area (Å²) >= 11 is 0. The van der Waals surface area contributed by atoms with Crippen molar-refractivity contribution in [3.63, 3.8) is 0 Å². The summed E-state index contributed by atoms with van der Waals surface area (Å²) in [7, 11) is 0. The monoisotopic (exact) mass is 220 g/mol. The molecule has 0 saturated carbocycles. The molecule has 3 nitrogen and oxygen atoms in total. The minimum absolute atomic E-state index is 0.495. The highest BCUT2D eigenvalue weighted by Gasteiger charge is 2.27. The Morgan fingerprint density at radius 3 is 2.56 bits per heavy atom. The van der Waals surface area contributed by atoms with Crippen LogP contribution in [-0.2, 0) is 0 Å². The fourth-order valence-electron chi connectivity index (χ4n) is 2.21. The Balaban J connectivity index is 2.17. The van der Waals surface area contributed by atoms with Crippen LogP contribution < -0.4 is 10.6 Å². The summed E-state index contributed by atoms with van der Waals surface area (Å²) in [6, 6.07) is 6.02. The molecule has 1 heterocycles. The van der Waals surface area contributed by atoms with Crippen molar-refractivity contribution in [2.75, 3.05) is 23.7 Å². The Labute approximate surface area is 96.9 Å². The summed E-state index contributed by atoms with van der Waals surface area (Å²) < 4.78 is 0. The zero-order valence-electron chi connectivity index (χ0n) is 10.0. The highest BCUT2D eigenvalue weighted by atomic mass is 16.3. The molecule has 0 unspecified atom stereocenters. The smallest absolute Gasteiger partial charge is 0.0653 e. The van der Waals surface area contributed by atoms with Gasteiger partial charge in [0, 0.05) is 24.5 Å². The van der Waals surface area contributed by atoms with Crippen molar-refractivity contribution in [2.45, 2.75) is 32.3 Å². The molecule has 16 heavy (non-hydrogen) atoms. The van der Waals surface area contributed by atoms with E-state index in [0.717, 1.165) is 37.2 Å². The molecule has 1 aliphatic heterocycles. The number of nitrogens with zero attached hydrogens (tertiary/aromatic N) is 1. The van der Waals surface area contributed by atoms with Crippen LogP contribution in [0.25, 0.3) is 0 Å². The molecular weight excluding hydrogens is 200 g/mol. The van der Waals surface area contributed by atoms with E-state index in [9.17, 15) is 5.11 Å². The van der Waals surface area contributed by atoms with E-state index in [1.165, 1.54) is 5.69 Å². The van der Waals surface area contributed by atoms with Gasteiger partial charge < -0.3 is 15.7 Å². The standard InChI is InChI=1S/C13H20N2O/c1-10-11(14)4-3-5-12(10)15-8-6-13(2,16)7-9-15/h3-5,16H,6-9,14H2,1-2H3. The molecule has 1 saturated heterocycles. The molecule has 3 heteroatoms. The maximum Gasteiger partial charge on any atom is 0.0653 e. The van der Waals surface area contributed by atoms with Gasteiger partial charge in [0.25, 0.3) is 0 Å². The van der Waals surface area contributed by atoms with Gasteiger partial charge in [-0.25, -0.2) is 0 Å². The minimum Gasteiger partial charge on any atom is -0.398 e. The highest BCUT2D eigenvalue weighted by Crippen LogP contribution is 2.30. The van der Waals surface area contributed by atoms with E-state index in [4.69, 9.17) is 5.73 Å². The zero-order chi connectivity index (χ0) is 11.8. The van der Waals surface area contributed by atoms with Crippen LogP contribution in [0.15, 0.2) is 18.2 Å². The number of piperidine rings is 1. The van der Waals surface area contributed by atoms with Crippen LogP contribution in [0.4, 0.5) is 11.4 Å². The van der Waals surface area contributed by atoms with Gasteiger partial charge in [-0.15, -0.1) is 0 Å². The SMILES string of the molecule is Cc1c(N)cccc1N1CCC(C)(O)CC1. The summed E-state index contributed by atoms with van der Waals surface area (Å²) in [6.45, 7) is 5.77. The van der Waals surface area contributed by atoms with Gasteiger partial charge in [0.05, 0.1) is 5.60 Å². The Kier molecular flexibility index (Phi) is 2.80. The molecule has 1 aliphatic rings. The number of hydrogen-bond donors (Lipinski definition) is 2. The van der Waals surface area contributed by atoms with Gasteiger partial charge in [-0.2, -0.15) is 0 Å². The lowest BCUT2D eigenvalue weighted by Gasteiger charge is -2.37. The molecule has 0 atom stereocenters. The molecule has 0 amide bonds. The molecule has 1 fully saturated rings. The first-order valence-electron chi connectivity index (χ1n) is 5.82. The van der Waals surface area contributed by atoms with Gasteiger partial charge in [-0.1, -0.05) is 6.07 Å². The highest BCUT2D eigenvalue weighted by molar-refractivity contribution is 5.64.